The Morgan fingerprint density at radius 3 is 2.76 bits per heavy atom. The number of aryl methyl sites for hydroxylation is 1. The molecule has 4 heteroatoms. The highest BCUT2D eigenvalue weighted by atomic mass is 16.3. The van der Waals surface area contributed by atoms with Gasteiger partial charge in [-0.3, -0.25) is 4.68 Å². The maximum Gasteiger partial charge on any atom is 0.121 e. The molecule has 2 unspecified atom stereocenters. The Balaban J connectivity index is 1.90. The van der Waals surface area contributed by atoms with E-state index in [4.69, 9.17) is 0 Å². The van der Waals surface area contributed by atoms with Crippen LogP contribution in [0.25, 0.3) is 0 Å². The van der Waals surface area contributed by atoms with Gasteiger partial charge in [0.1, 0.15) is 5.75 Å². The first-order chi connectivity index (χ1) is 9.97. The SMILES string of the molecule is Cc1ccc(O)c2c1C(C)CC2Nc1cnn(C(C)C)c1. The summed E-state index contributed by atoms with van der Waals surface area (Å²) >= 11 is 0. The molecule has 2 aromatic rings. The minimum atomic E-state index is 0.153. The van der Waals surface area contributed by atoms with Crippen LogP contribution < -0.4 is 5.32 Å². The molecule has 0 saturated carbocycles. The molecule has 0 saturated heterocycles. The Morgan fingerprint density at radius 1 is 1.33 bits per heavy atom. The van der Waals surface area contributed by atoms with Crippen LogP contribution in [0.1, 0.15) is 61.9 Å². The summed E-state index contributed by atoms with van der Waals surface area (Å²) in [6.07, 6.45) is 4.89. The summed E-state index contributed by atoms with van der Waals surface area (Å²) in [6, 6.07) is 4.31. The minimum Gasteiger partial charge on any atom is -0.508 e. The van der Waals surface area contributed by atoms with Crippen molar-refractivity contribution in [2.24, 2.45) is 0 Å². The van der Waals surface area contributed by atoms with Crippen LogP contribution in [0.15, 0.2) is 24.5 Å². The molecule has 0 bridgehead atoms. The highest BCUT2D eigenvalue weighted by Gasteiger charge is 2.32. The molecule has 0 aliphatic heterocycles. The normalized spacial score (nSPS) is 20.8. The summed E-state index contributed by atoms with van der Waals surface area (Å²) < 4.78 is 1.94. The predicted molar refractivity (Wildman–Crippen MR) is 84.9 cm³/mol. The zero-order valence-corrected chi connectivity index (χ0v) is 13.1. The van der Waals surface area contributed by atoms with Crippen LogP contribution in [0.3, 0.4) is 0 Å². The van der Waals surface area contributed by atoms with Gasteiger partial charge in [-0.1, -0.05) is 13.0 Å². The second-order valence-corrected chi connectivity index (χ2v) is 6.37. The van der Waals surface area contributed by atoms with Crippen LogP contribution >= 0.6 is 0 Å². The van der Waals surface area contributed by atoms with Crippen LogP contribution in [-0.2, 0) is 0 Å². The monoisotopic (exact) mass is 285 g/mol. The van der Waals surface area contributed by atoms with Crippen molar-refractivity contribution in [1.29, 1.82) is 0 Å². The summed E-state index contributed by atoms with van der Waals surface area (Å²) in [5.41, 5.74) is 4.62. The van der Waals surface area contributed by atoms with Crippen molar-refractivity contribution in [1.82, 2.24) is 9.78 Å². The van der Waals surface area contributed by atoms with E-state index in [0.717, 1.165) is 17.7 Å². The molecule has 1 aliphatic carbocycles. The Hall–Kier alpha value is -1.97. The van der Waals surface area contributed by atoms with Gasteiger partial charge in [-0.25, -0.2) is 0 Å². The van der Waals surface area contributed by atoms with Gasteiger partial charge in [0.25, 0.3) is 0 Å². The maximum absolute atomic E-state index is 10.3. The minimum absolute atomic E-state index is 0.153. The average Bonchev–Trinajstić information content (AvgIpc) is 3.00. The highest BCUT2D eigenvalue weighted by Crippen LogP contribution is 2.47. The van der Waals surface area contributed by atoms with E-state index in [0.29, 0.717) is 17.7 Å². The lowest BCUT2D eigenvalue weighted by Crippen LogP contribution is -2.07. The fourth-order valence-electron chi connectivity index (χ4n) is 3.37. The molecule has 4 nitrogen and oxygen atoms in total. The predicted octanol–water partition coefficient (Wildman–Crippen LogP) is 4.14. The number of aromatic hydroxyl groups is 1. The van der Waals surface area contributed by atoms with Crippen molar-refractivity contribution in [2.45, 2.75) is 52.1 Å². The number of anilines is 1. The molecule has 112 valence electrons. The van der Waals surface area contributed by atoms with Crippen LogP contribution in [0.2, 0.25) is 0 Å². The van der Waals surface area contributed by atoms with Crippen molar-refractivity contribution >= 4 is 5.69 Å². The van der Waals surface area contributed by atoms with Gasteiger partial charge >= 0.3 is 0 Å². The van der Waals surface area contributed by atoms with Crippen LogP contribution in [0, 0.1) is 6.92 Å². The topological polar surface area (TPSA) is 50.1 Å². The molecule has 1 aliphatic rings. The molecule has 0 spiro atoms. The van der Waals surface area contributed by atoms with Crippen molar-refractivity contribution in [3.8, 4) is 5.75 Å². The Bertz CT molecular complexity index is 660. The number of phenols is 1. The average molecular weight is 285 g/mol. The lowest BCUT2D eigenvalue weighted by Gasteiger charge is -2.15. The fourth-order valence-corrected chi connectivity index (χ4v) is 3.37. The summed E-state index contributed by atoms with van der Waals surface area (Å²) in [7, 11) is 0. The molecule has 2 atom stereocenters. The van der Waals surface area contributed by atoms with Gasteiger partial charge < -0.3 is 10.4 Å². The standard InChI is InChI=1S/C17H23N3O/c1-10(2)20-9-13(8-18-20)19-14-7-12(4)16-11(3)5-6-15(21)17(14)16/h5-6,8-10,12,14,19,21H,7H2,1-4H3. The molecule has 3 rings (SSSR count). The van der Waals surface area contributed by atoms with Crippen LogP contribution in [0.4, 0.5) is 5.69 Å². The van der Waals surface area contributed by atoms with E-state index in [1.54, 1.807) is 6.07 Å². The Kier molecular flexibility index (Phi) is 3.40. The van der Waals surface area contributed by atoms with E-state index in [1.165, 1.54) is 11.1 Å². The van der Waals surface area contributed by atoms with Crippen molar-refractivity contribution in [2.75, 3.05) is 5.32 Å². The second-order valence-electron chi connectivity index (χ2n) is 6.37. The van der Waals surface area contributed by atoms with Gasteiger partial charge in [-0.2, -0.15) is 5.10 Å². The maximum atomic E-state index is 10.3. The van der Waals surface area contributed by atoms with Crippen LogP contribution in [-0.4, -0.2) is 14.9 Å². The molecule has 1 aromatic carbocycles. The lowest BCUT2D eigenvalue weighted by atomic mass is 9.97. The van der Waals surface area contributed by atoms with E-state index in [-0.39, 0.29) is 6.04 Å². The number of rotatable bonds is 3. The number of nitrogens with zero attached hydrogens (tertiary/aromatic N) is 2. The summed E-state index contributed by atoms with van der Waals surface area (Å²) in [5, 5.41) is 18.1. The van der Waals surface area contributed by atoms with Crippen LogP contribution in [0.5, 0.6) is 5.75 Å². The molecule has 1 aromatic heterocycles. The first-order valence-corrected chi connectivity index (χ1v) is 7.60. The van der Waals surface area contributed by atoms with Crippen molar-refractivity contribution < 1.29 is 5.11 Å². The molecule has 0 fully saturated rings. The first kappa shape index (κ1) is 14.0. The summed E-state index contributed by atoms with van der Waals surface area (Å²) in [6.45, 7) is 8.57. The van der Waals surface area contributed by atoms with Gasteiger partial charge in [0, 0.05) is 17.8 Å². The molecular weight excluding hydrogens is 262 g/mol. The second kappa shape index (κ2) is 5.10. The third-order valence-electron chi connectivity index (χ3n) is 4.38. The van der Waals surface area contributed by atoms with E-state index >= 15 is 0 Å². The smallest absolute Gasteiger partial charge is 0.121 e. The number of aromatic nitrogens is 2. The fraction of sp³-hybridized carbons (Fsp3) is 0.471. The zero-order valence-electron chi connectivity index (χ0n) is 13.1. The van der Waals surface area contributed by atoms with Gasteiger partial charge in [-0.05, 0) is 50.3 Å². The van der Waals surface area contributed by atoms with E-state index in [9.17, 15) is 5.11 Å². The van der Waals surface area contributed by atoms with E-state index in [1.807, 2.05) is 23.1 Å². The number of fused-ring (bicyclic) bond motifs is 1. The first-order valence-electron chi connectivity index (χ1n) is 7.60. The third kappa shape index (κ3) is 2.39. The number of phenolic OH excluding ortho intramolecular Hbond substituents is 1. The third-order valence-corrected chi connectivity index (χ3v) is 4.38. The largest absolute Gasteiger partial charge is 0.508 e. The lowest BCUT2D eigenvalue weighted by molar-refractivity contribution is 0.465. The Labute approximate surface area is 125 Å². The molecule has 2 N–H and O–H groups in total. The molecule has 1 heterocycles. The van der Waals surface area contributed by atoms with Gasteiger partial charge in [0.2, 0.25) is 0 Å². The molecular formula is C17H23N3O. The Morgan fingerprint density at radius 2 is 2.10 bits per heavy atom. The molecule has 0 amide bonds. The quantitative estimate of drug-likeness (QED) is 0.891. The zero-order chi connectivity index (χ0) is 15.1. The van der Waals surface area contributed by atoms with Gasteiger partial charge in [0.05, 0.1) is 17.9 Å². The highest BCUT2D eigenvalue weighted by molar-refractivity contribution is 5.55. The van der Waals surface area contributed by atoms with E-state index < -0.39 is 0 Å². The number of benzene rings is 1. The summed E-state index contributed by atoms with van der Waals surface area (Å²) in [4.78, 5) is 0. The van der Waals surface area contributed by atoms with Gasteiger partial charge in [0.15, 0.2) is 0 Å². The van der Waals surface area contributed by atoms with Gasteiger partial charge in [-0.15, -0.1) is 0 Å². The van der Waals surface area contributed by atoms with Crippen molar-refractivity contribution in [3.05, 3.63) is 41.2 Å². The van der Waals surface area contributed by atoms with Crippen molar-refractivity contribution in [3.63, 3.8) is 0 Å². The molecule has 0 radical (unpaired) electrons. The van der Waals surface area contributed by atoms with E-state index in [2.05, 4.69) is 38.1 Å². The number of hydrogen-bond acceptors (Lipinski definition) is 3. The number of nitrogens with one attached hydrogen (secondary N) is 1. The summed E-state index contributed by atoms with van der Waals surface area (Å²) in [5.74, 6) is 0.860. The number of hydrogen-bond donors (Lipinski definition) is 2. The molecule has 21 heavy (non-hydrogen) atoms.